The third-order valence-electron chi connectivity index (χ3n) is 5.61. The van der Waals surface area contributed by atoms with Gasteiger partial charge >= 0.3 is 5.97 Å². The number of carbonyl (C=O) groups excluding carboxylic acids is 2. The average Bonchev–Trinajstić information content (AvgIpc) is 3.65. The van der Waals surface area contributed by atoms with E-state index in [0.717, 1.165) is 23.4 Å². The van der Waals surface area contributed by atoms with Crippen molar-refractivity contribution in [3.8, 4) is 28.3 Å². The van der Waals surface area contributed by atoms with Gasteiger partial charge in [-0.25, -0.2) is 4.79 Å². The molecule has 0 atom stereocenters. The van der Waals surface area contributed by atoms with Gasteiger partial charge in [0.2, 0.25) is 5.91 Å². The van der Waals surface area contributed by atoms with Crippen molar-refractivity contribution in [1.29, 1.82) is 0 Å². The van der Waals surface area contributed by atoms with E-state index in [1.807, 2.05) is 34.2 Å². The molecule has 37 heavy (non-hydrogen) atoms. The molecular weight excluding hydrogens is 529 g/mol. The van der Waals surface area contributed by atoms with Crippen LogP contribution in [0.1, 0.15) is 42.0 Å². The van der Waals surface area contributed by atoms with E-state index in [4.69, 9.17) is 9.47 Å². The van der Waals surface area contributed by atoms with Crippen molar-refractivity contribution in [2.75, 3.05) is 25.3 Å². The Balaban J connectivity index is 1.51. The number of thiophene rings is 2. The Morgan fingerprint density at radius 2 is 1.84 bits per heavy atom. The Bertz CT molecular complexity index is 1390. The first-order valence-corrected chi connectivity index (χ1v) is 14.4. The highest BCUT2D eigenvalue weighted by Gasteiger charge is 2.23. The number of methoxy groups -OCH3 is 2. The van der Waals surface area contributed by atoms with Crippen molar-refractivity contribution in [2.24, 2.45) is 0 Å². The van der Waals surface area contributed by atoms with Crippen molar-refractivity contribution in [1.82, 2.24) is 14.8 Å². The largest absolute Gasteiger partial charge is 0.497 e. The summed E-state index contributed by atoms with van der Waals surface area (Å²) < 4.78 is 12.3. The van der Waals surface area contributed by atoms with Gasteiger partial charge in [0.15, 0.2) is 11.0 Å². The fourth-order valence-corrected chi connectivity index (χ4v) is 6.41. The van der Waals surface area contributed by atoms with Gasteiger partial charge < -0.3 is 14.8 Å². The molecule has 0 unspecified atom stereocenters. The number of ether oxygens (including phenoxy) is 2. The van der Waals surface area contributed by atoms with Gasteiger partial charge in [0, 0.05) is 32.8 Å². The standard InChI is InChI=1S/C26H28N4O4S3/c1-6-19-11-17(12-35-19)23-28-29-26(30(23)15(2)3)37-14-21(31)27-24-22(25(32)34-5)20(13-36-24)16-7-9-18(33-4)10-8-16/h7-13,15H,6,14H2,1-5H3,(H,27,31). The van der Waals surface area contributed by atoms with E-state index >= 15 is 0 Å². The summed E-state index contributed by atoms with van der Waals surface area (Å²) >= 11 is 4.30. The fourth-order valence-electron chi connectivity index (χ4n) is 3.75. The molecule has 194 valence electrons. The first-order valence-electron chi connectivity index (χ1n) is 11.7. The van der Waals surface area contributed by atoms with E-state index in [1.54, 1.807) is 18.4 Å². The van der Waals surface area contributed by atoms with Gasteiger partial charge in [-0.2, -0.15) is 0 Å². The Kier molecular flexibility index (Phi) is 8.67. The van der Waals surface area contributed by atoms with Crippen LogP contribution in [0.3, 0.4) is 0 Å². The van der Waals surface area contributed by atoms with Crippen LogP contribution >= 0.6 is 34.4 Å². The van der Waals surface area contributed by atoms with Crippen molar-refractivity contribution in [3.05, 3.63) is 51.5 Å². The van der Waals surface area contributed by atoms with E-state index in [1.165, 1.54) is 35.1 Å². The lowest BCUT2D eigenvalue weighted by atomic mass is 10.0. The Morgan fingerprint density at radius 1 is 1.08 bits per heavy atom. The zero-order valence-electron chi connectivity index (χ0n) is 21.2. The summed E-state index contributed by atoms with van der Waals surface area (Å²) in [4.78, 5) is 26.9. The molecule has 0 spiro atoms. The molecule has 8 nitrogen and oxygen atoms in total. The molecule has 4 rings (SSSR count). The van der Waals surface area contributed by atoms with Crippen molar-refractivity contribution in [3.63, 3.8) is 0 Å². The van der Waals surface area contributed by atoms with E-state index in [0.29, 0.717) is 27.0 Å². The molecule has 0 aliphatic heterocycles. The van der Waals surface area contributed by atoms with Crippen LogP contribution in [0.4, 0.5) is 5.00 Å². The number of hydrogen-bond acceptors (Lipinski definition) is 9. The number of amides is 1. The predicted octanol–water partition coefficient (Wildman–Crippen LogP) is 6.40. The quantitative estimate of drug-likeness (QED) is 0.178. The normalized spacial score (nSPS) is 11.1. The summed E-state index contributed by atoms with van der Waals surface area (Å²) in [6.07, 6.45) is 0.971. The van der Waals surface area contributed by atoms with Crippen LogP contribution in [-0.4, -0.2) is 46.6 Å². The lowest BCUT2D eigenvalue weighted by Crippen LogP contribution is -2.16. The first-order chi connectivity index (χ1) is 17.9. The van der Waals surface area contributed by atoms with Gasteiger partial charge in [0.05, 0.1) is 20.0 Å². The van der Waals surface area contributed by atoms with E-state index < -0.39 is 5.97 Å². The SMILES string of the molecule is CCc1cc(-c2nnc(SCC(=O)Nc3scc(-c4ccc(OC)cc4)c3C(=O)OC)n2C(C)C)cs1. The Hall–Kier alpha value is -3.15. The number of thioether (sulfide) groups is 1. The number of nitrogens with zero attached hydrogens (tertiary/aromatic N) is 3. The molecule has 1 N–H and O–H groups in total. The topological polar surface area (TPSA) is 95.3 Å². The third kappa shape index (κ3) is 5.89. The molecule has 0 bridgehead atoms. The van der Waals surface area contributed by atoms with Gasteiger partial charge in [-0.15, -0.1) is 32.9 Å². The van der Waals surface area contributed by atoms with Crippen molar-refractivity contribution in [2.45, 2.75) is 38.4 Å². The number of anilines is 1. The number of aromatic nitrogens is 3. The van der Waals surface area contributed by atoms with Crippen molar-refractivity contribution >= 4 is 51.3 Å². The van der Waals surface area contributed by atoms with E-state index in [2.05, 4.69) is 47.7 Å². The highest BCUT2D eigenvalue weighted by molar-refractivity contribution is 7.99. The number of aryl methyl sites for hydroxylation is 1. The second kappa shape index (κ2) is 11.9. The maximum atomic E-state index is 12.9. The second-order valence-corrected chi connectivity index (χ2v) is 11.2. The zero-order chi connectivity index (χ0) is 26.5. The third-order valence-corrected chi connectivity index (χ3v) is 8.53. The first kappa shape index (κ1) is 26.9. The number of hydrogen-bond donors (Lipinski definition) is 1. The number of esters is 1. The van der Waals surface area contributed by atoms with Gasteiger partial charge in [-0.3, -0.25) is 9.36 Å². The minimum atomic E-state index is -0.513. The second-order valence-electron chi connectivity index (χ2n) is 8.34. The highest BCUT2D eigenvalue weighted by Crippen LogP contribution is 2.37. The van der Waals surface area contributed by atoms with E-state index in [9.17, 15) is 9.59 Å². The molecule has 3 heterocycles. The number of benzene rings is 1. The molecule has 0 fully saturated rings. The molecule has 1 aromatic carbocycles. The van der Waals surface area contributed by atoms with Gasteiger partial charge in [-0.05, 0) is 44.0 Å². The number of rotatable bonds is 10. The van der Waals surface area contributed by atoms with E-state index in [-0.39, 0.29) is 17.7 Å². The molecule has 0 aliphatic rings. The summed E-state index contributed by atoms with van der Waals surface area (Å²) in [6, 6.07) is 9.63. The minimum Gasteiger partial charge on any atom is -0.497 e. The molecule has 0 radical (unpaired) electrons. The van der Waals surface area contributed by atoms with Gasteiger partial charge in [0.1, 0.15) is 16.3 Å². The number of carbonyl (C=O) groups is 2. The van der Waals surface area contributed by atoms with Crippen molar-refractivity contribution < 1.29 is 19.1 Å². The van der Waals surface area contributed by atoms with Crippen LogP contribution in [0.5, 0.6) is 5.75 Å². The Morgan fingerprint density at radius 3 is 2.46 bits per heavy atom. The molecule has 4 aromatic rings. The summed E-state index contributed by atoms with van der Waals surface area (Å²) in [6.45, 7) is 6.26. The van der Waals surface area contributed by atoms with Gasteiger partial charge in [-0.1, -0.05) is 30.8 Å². The van der Waals surface area contributed by atoms with Crippen LogP contribution < -0.4 is 10.1 Å². The van der Waals surface area contributed by atoms with Crippen LogP contribution in [0.2, 0.25) is 0 Å². The molecular formula is C26H28N4O4S3. The van der Waals surface area contributed by atoms with Gasteiger partial charge in [0.25, 0.3) is 0 Å². The van der Waals surface area contributed by atoms with Crippen LogP contribution in [-0.2, 0) is 16.0 Å². The molecule has 0 saturated carbocycles. The summed E-state index contributed by atoms with van der Waals surface area (Å²) in [7, 11) is 2.92. The van der Waals surface area contributed by atoms with Crippen LogP contribution in [0.25, 0.3) is 22.5 Å². The van der Waals surface area contributed by atoms with Crippen LogP contribution in [0.15, 0.2) is 46.2 Å². The smallest absolute Gasteiger partial charge is 0.341 e. The minimum absolute atomic E-state index is 0.116. The molecule has 11 heteroatoms. The maximum Gasteiger partial charge on any atom is 0.341 e. The number of nitrogens with one attached hydrogen (secondary N) is 1. The fraction of sp³-hybridized carbons (Fsp3) is 0.308. The zero-order valence-corrected chi connectivity index (χ0v) is 23.7. The maximum absolute atomic E-state index is 12.9. The summed E-state index contributed by atoms with van der Waals surface area (Å²) in [5.74, 6) is 0.865. The highest BCUT2D eigenvalue weighted by atomic mass is 32.2. The lowest BCUT2D eigenvalue weighted by Gasteiger charge is -2.13. The molecule has 0 aliphatic carbocycles. The molecule has 1 amide bonds. The lowest BCUT2D eigenvalue weighted by molar-refractivity contribution is -0.113. The van der Waals surface area contributed by atoms with Crippen LogP contribution in [0, 0.1) is 0 Å². The monoisotopic (exact) mass is 556 g/mol. The predicted molar refractivity (Wildman–Crippen MR) is 150 cm³/mol. The molecule has 0 saturated heterocycles. The molecule has 3 aromatic heterocycles. The summed E-state index contributed by atoms with van der Waals surface area (Å²) in [5, 5.41) is 16.7. The Labute approximate surface area is 228 Å². The summed E-state index contributed by atoms with van der Waals surface area (Å²) in [5.41, 5.74) is 2.87. The average molecular weight is 557 g/mol.